The summed E-state index contributed by atoms with van der Waals surface area (Å²) in [5.74, 6) is 0. The van der Waals surface area contributed by atoms with Crippen molar-refractivity contribution in [3.05, 3.63) is 350 Å². The lowest BCUT2D eigenvalue weighted by molar-refractivity contribution is 0.590. The second-order valence-corrected chi connectivity index (χ2v) is 31.0. The summed E-state index contributed by atoms with van der Waals surface area (Å²) in [6.07, 6.45) is 0. The van der Waals surface area contributed by atoms with Gasteiger partial charge in [0, 0.05) is 87.7 Å². The monoisotopic (exact) mass is 1420 g/mol. The summed E-state index contributed by atoms with van der Waals surface area (Å²) in [6, 6.07) is 126. The van der Waals surface area contributed by atoms with Gasteiger partial charge >= 0.3 is 0 Å². The molecule has 0 unspecified atom stereocenters. The number of anilines is 6. The SMILES string of the molecule is Cc1cc(-c2ccc3c(c2)oc2ccccc23)c(N2c3ccc(-c4ccccc4)cc3B3c4ccc(C(C)(C)C)cc4N(c4c(-c5cccc6oc7ccccc7c56)cccc4-n4c5ccccc5c5cc(C#N)ccc54)c4cc(-n5c6ccccc6c6ccccc65)cc2c43)c(-n2c3ccccc3c3ccccc32)c1. The third kappa shape index (κ3) is 9.16. The third-order valence-electron chi connectivity index (χ3n) is 23.8. The van der Waals surface area contributed by atoms with Crippen LogP contribution in [0.25, 0.3) is 160 Å². The quantitative estimate of drug-likeness (QED) is 0.142. The molecule has 0 atom stereocenters. The van der Waals surface area contributed by atoms with Gasteiger partial charge in [0.05, 0.1) is 73.2 Å². The molecule has 16 aromatic carbocycles. The standard InChI is InChI=1S/C102H67BN6O2/c1-61-52-78(65-45-48-74-73-31-13-20-41-94(73)111-97(74)56-65)101(93(53-61)107-84-37-17-10-28-70(84)71-29-11-18-38-85(71)107)108-88-51-46-64(63-24-6-5-7-25-63)55-81(88)103-80-49-47-66(102(2,3)4)57-90(80)109(92-59-67(58-91(108)99(92)103)105-82-35-15-8-26-68(82)69-27-9-16-36-83(69)105)100-76(75-33-23-43-96-98(75)77-32-14-21-42-95(77)110-96)34-22-40-89(100)106-86-39-19-12-30-72(86)79-54-62(60-104)44-50-87(79)106/h5-59H,1-4H3. The maximum Gasteiger partial charge on any atom is 0.252 e. The number of aryl methyl sites for hydroxylation is 1. The number of para-hydroxylation sites is 8. The molecule has 0 saturated heterocycles. The zero-order chi connectivity index (χ0) is 73.6. The predicted octanol–water partition coefficient (Wildman–Crippen LogP) is 25.3. The van der Waals surface area contributed by atoms with Crippen molar-refractivity contribution in [2.45, 2.75) is 33.1 Å². The molecule has 0 saturated carbocycles. The topological polar surface area (TPSA) is 71.3 Å². The fourth-order valence-corrected chi connectivity index (χ4v) is 19.0. The Morgan fingerprint density at radius 2 is 0.838 bits per heavy atom. The van der Waals surface area contributed by atoms with Crippen LogP contribution in [-0.4, -0.2) is 20.4 Å². The molecule has 0 spiro atoms. The average molecular weight is 1420 g/mol. The summed E-state index contributed by atoms with van der Waals surface area (Å²) in [5, 5.41) is 21.6. The molecule has 9 heteroatoms. The second-order valence-electron chi connectivity index (χ2n) is 31.0. The summed E-state index contributed by atoms with van der Waals surface area (Å²) >= 11 is 0. The lowest BCUT2D eigenvalue weighted by atomic mass is 9.33. The number of fused-ring (bicyclic) bond motifs is 19. The van der Waals surface area contributed by atoms with Crippen molar-refractivity contribution in [1.82, 2.24) is 13.7 Å². The predicted molar refractivity (Wildman–Crippen MR) is 462 cm³/mol. The molecule has 0 amide bonds. The Balaban J connectivity index is 0.935. The van der Waals surface area contributed by atoms with Gasteiger partial charge < -0.3 is 32.3 Å². The molecule has 111 heavy (non-hydrogen) atoms. The van der Waals surface area contributed by atoms with Crippen LogP contribution in [0, 0.1) is 18.3 Å². The Morgan fingerprint density at radius 3 is 1.50 bits per heavy atom. The Kier molecular flexibility index (Phi) is 13.4. The molecule has 520 valence electrons. The van der Waals surface area contributed by atoms with Crippen LogP contribution in [0.5, 0.6) is 0 Å². The van der Waals surface area contributed by atoms with Gasteiger partial charge in [0.25, 0.3) is 6.71 Å². The minimum Gasteiger partial charge on any atom is -0.456 e. The molecule has 5 aromatic heterocycles. The van der Waals surface area contributed by atoms with E-state index in [2.05, 4.69) is 385 Å². The van der Waals surface area contributed by atoms with Crippen LogP contribution in [-0.2, 0) is 5.41 Å². The van der Waals surface area contributed by atoms with Gasteiger partial charge in [-0.15, -0.1) is 0 Å². The van der Waals surface area contributed by atoms with E-state index in [9.17, 15) is 5.26 Å². The number of hydrogen-bond acceptors (Lipinski definition) is 5. The molecule has 2 aliphatic rings. The van der Waals surface area contributed by atoms with Gasteiger partial charge in [-0.25, -0.2) is 0 Å². The lowest BCUT2D eigenvalue weighted by Crippen LogP contribution is -2.61. The van der Waals surface area contributed by atoms with Gasteiger partial charge in [-0.2, -0.15) is 5.26 Å². The highest BCUT2D eigenvalue weighted by Gasteiger charge is 2.47. The first-order valence-electron chi connectivity index (χ1n) is 38.2. The van der Waals surface area contributed by atoms with Gasteiger partial charge in [0.1, 0.15) is 22.3 Å². The van der Waals surface area contributed by atoms with Gasteiger partial charge in [-0.05, 0) is 183 Å². The van der Waals surface area contributed by atoms with E-state index in [1.54, 1.807) is 0 Å². The van der Waals surface area contributed by atoms with Gasteiger partial charge in [-0.1, -0.05) is 233 Å². The number of furan rings is 2. The normalized spacial score (nSPS) is 12.8. The number of aromatic nitrogens is 3. The molecule has 0 N–H and O–H groups in total. The molecular weight excluding hydrogens is 1350 g/mol. The summed E-state index contributed by atoms with van der Waals surface area (Å²) in [4.78, 5) is 5.35. The Morgan fingerprint density at radius 1 is 0.315 bits per heavy atom. The highest BCUT2D eigenvalue weighted by Crippen LogP contribution is 2.56. The highest BCUT2D eigenvalue weighted by atomic mass is 16.3. The third-order valence-corrected chi connectivity index (χ3v) is 23.8. The Hall–Kier alpha value is -14.3. The minimum atomic E-state index is -0.343. The number of nitrogens with zero attached hydrogens (tertiary/aromatic N) is 6. The zero-order valence-electron chi connectivity index (χ0n) is 61.3. The van der Waals surface area contributed by atoms with Crippen LogP contribution in [0.3, 0.4) is 0 Å². The summed E-state index contributed by atoms with van der Waals surface area (Å²) in [6.45, 7) is 8.93. The summed E-state index contributed by atoms with van der Waals surface area (Å²) in [7, 11) is 0. The molecule has 0 fully saturated rings. The first-order chi connectivity index (χ1) is 54.6. The van der Waals surface area contributed by atoms with E-state index in [1.807, 2.05) is 6.07 Å². The molecule has 23 rings (SSSR count). The van der Waals surface area contributed by atoms with E-state index in [1.165, 1.54) is 38.0 Å². The fourth-order valence-electron chi connectivity index (χ4n) is 19.0. The van der Waals surface area contributed by atoms with Gasteiger partial charge in [0.15, 0.2) is 0 Å². The van der Waals surface area contributed by atoms with Crippen LogP contribution in [0.4, 0.5) is 34.1 Å². The highest BCUT2D eigenvalue weighted by molar-refractivity contribution is 7.00. The van der Waals surface area contributed by atoms with Crippen molar-refractivity contribution >= 4 is 167 Å². The molecular formula is C102H67BN6O2. The maximum atomic E-state index is 10.7. The lowest BCUT2D eigenvalue weighted by Gasteiger charge is -2.46. The Labute approximate surface area is 640 Å². The van der Waals surface area contributed by atoms with Crippen LogP contribution in [0.1, 0.15) is 37.5 Å². The summed E-state index contributed by atoms with van der Waals surface area (Å²) < 4.78 is 21.4. The van der Waals surface area contributed by atoms with Crippen molar-refractivity contribution < 1.29 is 8.83 Å². The minimum absolute atomic E-state index is 0.288. The van der Waals surface area contributed by atoms with Crippen LogP contribution in [0.15, 0.2) is 342 Å². The number of nitriles is 1. The Bertz CT molecular complexity index is 7530. The second kappa shape index (κ2) is 23.6. The molecule has 0 aliphatic carbocycles. The van der Waals surface area contributed by atoms with E-state index in [-0.39, 0.29) is 12.1 Å². The van der Waals surface area contributed by atoms with E-state index in [0.29, 0.717) is 5.56 Å². The molecule has 0 radical (unpaired) electrons. The number of benzene rings is 16. The van der Waals surface area contributed by atoms with E-state index < -0.39 is 0 Å². The van der Waals surface area contributed by atoms with Crippen LogP contribution >= 0.6 is 0 Å². The molecule has 21 aromatic rings. The van der Waals surface area contributed by atoms with Crippen molar-refractivity contribution in [2.24, 2.45) is 0 Å². The van der Waals surface area contributed by atoms with Gasteiger partial charge in [-0.3, -0.25) is 0 Å². The molecule has 7 heterocycles. The molecule has 8 nitrogen and oxygen atoms in total. The number of hydrogen-bond donors (Lipinski definition) is 0. The van der Waals surface area contributed by atoms with Gasteiger partial charge in [0.2, 0.25) is 0 Å². The van der Waals surface area contributed by atoms with E-state index in [0.717, 1.165) is 183 Å². The molecule has 0 bridgehead atoms. The average Bonchev–Trinajstić information content (AvgIpc) is 1.38. The van der Waals surface area contributed by atoms with Crippen molar-refractivity contribution in [3.8, 4) is 56.5 Å². The first-order valence-corrected chi connectivity index (χ1v) is 38.2. The maximum absolute atomic E-state index is 10.7. The van der Waals surface area contributed by atoms with Crippen molar-refractivity contribution in [1.29, 1.82) is 5.26 Å². The molecule has 2 aliphatic heterocycles. The number of rotatable bonds is 8. The van der Waals surface area contributed by atoms with Crippen molar-refractivity contribution in [3.63, 3.8) is 0 Å². The largest absolute Gasteiger partial charge is 0.456 e. The van der Waals surface area contributed by atoms with Crippen LogP contribution in [0.2, 0.25) is 0 Å². The first kappa shape index (κ1) is 62.8. The fraction of sp³-hybridized carbons (Fsp3) is 0.0490. The zero-order valence-corrected chi connectivity index (χ0v) is 61.3. The van der Waals surface area contributed by atoms with E-state index >= 15 is 0 Å². The van der Waals surface area contributed by atoms with Crippen LogP contribution < -0.4 is 26.2 Å². The van der Waals surface area contributed by atoms with Crippen molar-refractivity contribution in [2.75, 3.05) is 9.80 Å². The summed E-state index contributed by atoms with van der Waals surface area (Å²) in [5.41, 5.74) is 31.4. The van der Waals surface area contributed by atoms with E-state index in [4.69, 9.17) is 8.83 Å². The smallest absolute Gasteiger partial charge is 0.252 e.